The zero-order valence-electron chi connectivity index (χ0n) is 13.4. The van der Waals surface area contributed by atoms with Crippen LogP contribution in [0.25, 0.3) is 0 Å². The van der Waals surface area contributed by atoms with Crippen LogP contribution in [0.5, 0.6) is 5.75 Å². The van der Waals surface area contributed by atoms with E-state index in [1.165, 1.54) is 12.1 Å². The van der Waals surface area contributed by atoms with Gasteiger partial charge in [0.2, 0.25) is 0 Å². The molecule has 1 atom stereocenters. The Kier molecular flexibility index (Phi) is 5.86. The fraction of sp³-hybridized carbons (Fsp3) is 0.562. The number of hydrogen-bond acceptors (Lipinski definition) is 3. The summed E-state index contributed by atoms with van der Waals surface area (Å²) in [5.41, 5.74) is 1.05. The minimum absolute atomic E-state index is 0.0400. The van der Waals surface area contributed by atoms with E-state index in [0.29, 0.717) is 11.3 Å². The van der Waals surface area contributed by atoms with Gasteiger partial charge in [-0.25, -0.2) is 4.21 Å². The molecule has 2 rings (SSSR count). The maximum Gasteiger partial charge on any atom is 0.387 e. The fourth-order valence-electron chi connectivity index (χ4n) is 1.68. The molecule has 0 heterocycles. The second-order valence-corrected chi connectivity index (χ2v) is 8.22. The van der Waals surface area contributed by atoms with Crippen LogP contribution < -0.4 is 4.74 Å². The molecule has 23 heavy (non-hydrogen) atoms. The summed E-state index contributed by atoms with van der Waals surface area (Å²) in [5.74, 6) is 0.0400. The van der Waals surface area contributed by atoms with E-state index in [1.54, 1.807) is 12.1 Å². The third kappa shape index (κ3) is 5.99. The average Bonchev–Trinajstić information content (AvgIpc) is 3.25. The van der Waals surface area contributed by atoms with Crippen molar-refractivity contribution in [2.24, 2.45) is 4.40 Å². The van der Waals surface area contributed by atoms with Gasteiger partial charge in [0.25, 0.3) is 0 Å². The lowest BCUT2D eigenvalue weighted by Crippen LogP contribution is -2.22. The number of ether oxygens (including phenoxy) is 2. The molecule has 4 nitrogen and oxygen atoms in total. The van der Waals surface area contributed by atoms with Crippen LogP contribution in [0.4, 0.5) is 8.78 Å². The van der Waals surface area contributed by atoms with Gasteiger partial charge in [-0.1, -0.05) is 12.1 Å². The highest BCUT2D eigenvalue weighted by atomic mass is 32.2. The number of nitrogens with zero attached hydrogens (tertiary/aromatic N) is 1. The molecule has 0 saturated heterocycles. The second-order valence-electron chi connectivity index (χ2n) is 6.32. The van der Waals surface area contributed by atoms with Gasteiger partial charge in [0.15, 0.2) is 0 Å². The molecule has 0 aromatic heterocycles. The lowest BCUT2D eigenvalue weighted by molar-refractivity contribution is -0.0498. The lowest BCUT2D eigenvalue weighted by atomic mass is 10.1. The minimum atomic E-state index is -2.89. The average molecular weight is 345 g/mol. The van der Waals surface area contributed by atoms with Crippen LogP contribution in [0.3, 0.4) is 0 Å². The van der Waals surface area contributed by atoms with Gasteiger partial charge in [0.05, 0.1) is 23.2 Å². The SMILES string of the molecule is CC(C)(C)S(=O)N=C(COC1CC1)c1cccc(OC(F)F)c1. The molecule has 1 fully saturated rings. The second kappa shape index (κ2) is 7.49. The largest absolute Gasteiger partial charge is 0.435 e. The van der Waals surface area contributed by atoms with Gasteiger partial charge in [-0.2, -0.15) is 13.2 Å². The Morgan fingerprint density at radius 1 is 1.39 bits per heavy atom. The van der Waals surface area contributed by atoms with Gasteiger partial charge in [0, 0.05) is 5.56 Å². The molecule has 1 aromatic carbocycles. The first-order chi connectivity index (χ1) is 10.8. The molecule has 0 spiro atoms. The Bertz CT molecular complexity index is 595. The van der Waals surface area contributed by atoms with E-state index >= 15 is 0 Å². The van der Waals surface area contributed by atoms with Gasteiger partial charge in [-0.3, -0.25) is 0 Å². The molecular formula is C16H21F2NO3S. The van der Waals surface area contributed by atoms with Crippen molar-refractivity contribution in [1.29, 1.82) is 0 Å². The van der Waals surface area contributed by atoms with E-state index in [-0.39, 0.29) is 18.5 Å². The smallest absolute Gasteiger partial charge is 0.387 e. The molecule has 128 valence electrons. The predicted molar refractivity (Wildman–Crippen MR) is 86.5 cm³/mol. The van der Waals surface area contributed by atoms with Gasteiger partial charge < -0.3 is 9.47 Å². The van der Waals surface area contributed by atoms with Gasteiger partial charge in [-0.15, -0.1) is 0 Å². The van der Waals surface area contributed by atoms with Crippen LogP contribution >= 0.6 is 0 Å². The molecule has 7 heteroatoms. The van der Waals surface area contributed by atoms with E-state index in [0.717, 1.165) is 12.8 Å². The Labute approximate surface area is 137 Å². The molecule has 0 bridgehead atoms. The quantitative estimate of drug-likeness (QED) is 0.708. The molecule has 1 aliphatic rings. The first kappa shape index (κ1) is 18.0. The summed E-state index contributed by atoms with van der Waals surface area (Å²) < 4.78 is 50.8. The molecule has 1 aliphatic carbocycles. The topological polar surface area (TPSA) is 47.9 Å². The summed E-state index contributed by atoms with van der Waals surface area (Å²) in [6.07, 6.45) is 2.22. The van der Waals surface area contributed by atoms with Crippen molar-refractivity contribution >= 4 is 16.7 Å². The first-order valence-electron chi connectivity index (χ1n) is 7.42. The molecule has 1 aromatic rings. The molecule has 0 N–H and O–H groups in total. The maximum atomic E-state index is 12.4. The Morgan fingerprint density at radius 2 is 2.09 bits per heavy atom. The van der Waals surface area contributed by atoms with Crippen LogP contribution in [0.15, 0.2) is 28.7 Å². The first-order valence-corrected chi connectivity index (χ1v) is 8.53. The summed E-state index contributed by atoms with van der Waals surface area (Å²) in [4.78, 5) is 0. The maximum absolute atomic E-state index is 12.4. The van der Waals surface area contributed by atoms with E-state index in [2.05, 4.69) is 9.13 Å². The molecule has 1 saturated carbocycles. The van der Waals surface area contributed by atoms with Crippen LogP contribution in [0, 0.1) is 0 Å². The predicted octanol–water partition coefficient (Wildman–Crippen LogP) is 3.72. The monoisotopic (exact) mass is 345 g/mol. The van der Waals surface area contributed by atoms with Crippen molar-refractivity contribution in [2.75, 3.05) is 6.61 Å². The van der Waals surface area contributed by atoms with E-state index in [1.807, 2.05) is 20.8 Å². The summed E-state index contributed by atoms with van der Waals surface area (Å²) in [6, 6.07) is 6.21. The number of rotatable bonds is 7. The Morgan fingerprint density at radius 3 is 2.65 bits per heavy atom. The number of hydrogen-bond donors (Lipinski definition) is 0. The van der Waals surface area contributed by atoms with E-state index < -0.39 is 22.3 Å². The zero-order chi connectivity index (χ0) is 17.0. The van der Waals surface area contributed by atoms with Gasteiger partial charge in [0.1, 0.15) is 16.7 Å². The summed E-state index contributed by atoms with van der Waals surface area (Å²) in [6.45, 7) is 2.77. The standard InChI is InChI=1S/C16H21F2NO3S/c1-16(2,3)23(20)19-14(10-21-12-7-8-12)11-5-4-6-13(9-11)22-15(17)18/h4-6,9,12,15H,7-8,10H2,1-3H3. The normalized spacial score (nSPS) is 17.4. The van der Waals surface area contributed by atoms with Crippen LogP contribution in [0.2, 0.25) is 0 Å². The third-order valence-corrected chi connectivity index (χ3v) is 4.52. The lowest BCUT2D eigenvalue weighted by Gasteiger charge is -2.16. The van der Waals surface area contributed by atoms with E-state index in [9.17, 15) is 13.0 Å². The van der Waals surface area contributed by atoms with Crippen molar-refractivity contribution in [1.82, 2.24) is 0 Å². The number of halogens is 2. The number of alkyl halides is 2. The molecule has 1 unspecified atom stereocenters. The number of benzene rings is 1. The Balaban J connectivity index is 2.24. The van der Waals surface area contributed by atoms with Crippen molar-refractivity contribution < 1.29 is 22.5 Å². The van der Waals surface area contributed by atoms with Crippen LogP contribution in [-0.2, 0) is 15.7 Å². The summed E-state index contributed by atoms with van der Waals surface area (Å²) >= 11 is 0. The van der Waals surface area contributed by atoms with Crippen LogP contribution in [-0.4, -0.2) is 34.0 Å². The van der Waals surface area contributed by atoms with Gasteiger partial charge in [-0.05, 0) is 45.7 Å². The van der Waals surface area contributed by atoms with Crippen LogP contribution in [0.1, 0.15) is 39.2 Å². The fourth-order valence-corrected chi connectivity index (χ4v) is 2.31. The Hall–Kier alpha value is -1.34. The third-order valence-electron chi connectivity index (χ3n) is 3.09. The highest BCUT2D eigenvalue weighted by molar-refractivity contribution is 7.85. The highest BCUT2D eigenvalue weighted by Crippen LogP contribution is 2.25. The van der Waals surface area contributed by atoms with Gasteiger partial charge >= 0.3 is 6.61 Å². The molecule has 0 amide bonds. The van der Waals surface area contributed by atoms with Crippen molar-refractivity contribution in [3.8, 4) is 5.75 Å². The molecular weight excluding hydrogens is 324 g/mol. The summed E-state index contributed by atoms with van der Waals surface area (Å²) in [5, 5.41) is 0. The summed E-state index contributed by atoms with van der Waals surface area (Å²) in [7, 11) is -1.46. The molecule has 0 radical (unpaired) electrons. The van der Waals surface area contributed by atoms with Crippen molar-refractivity contribution in [2.45, 2.75) is 51.1 Å². The van der Waals surface area contributed by atoms with E-state index in [4.69, 9.17) is 4.74 Å². The zero-order valence-corrected chi connectivity index (χ0v) is 14.2. The molecule has 0 aliphatic heterocycles. The highest BCUT2D eigenvalue weighted by Gasteiger charge is 2.24. The van der Waals surface area contributed by atoms with Crippen molar-refractivity contribution in [3.05, 3.63) is 29.8 Å². The van der Waals surface area contributed by atoms with Crippen molar-refractivity contribution in [3.63, 3.8) is 0 Å². The minimum Gasteiger partial charge on any atom is -0.435 e.